The van der Waals surface area contributed by atoms with Gasteiger partial charge in [-0.3, -0.25) is 23.5 Å². The predicted molar refractivity (Wildman–Crippen MR) is 106 cm³/mol. The van der Waals surface area contributed by atoms with Gasteiger partial charge in [-0.05, 0) is 41.5 Å². The van der Waals surface area contributed by atoms with Crippen LogP contribution in [-0.2, 0) is 28.4 Å². The van der Waals surface area contributed by atoms with Crippen molar-refractivity contribution in [3.63, 3.8) is 0 Å². The summed E-state index contributed by atoms with van der Waals surface area (Å²) in [6.45, 7) is 7.76. The Balaban J connectivity index is 2.06. The van der Waals surface area contributed by atoms with Crippen molar-refractivity contribution in [2.75, 3.05) is 6.61 Å². The normalized spacial score (nSPS) is 36.8. The van der Waals surface area contributed by atoms with E-state index in [0.717, 1.165) is 0 Å². The van der Waals surface area contributed by atoms with Crippen molar-refractivity contribution in [3.05, 3.63) is 17.8 Å². The van der Waals surface area contributed by atoms with Gasteiger partial charge in [-0.25, -0.2) is 15.0 Å². The molecule has 180 valence electrons. The van der Waals surface area contributed by atoms with Crippen LogP contribution < -0.4 is 15.3 Å². The molecule has 2 aromatic heterocycles. The number of hydrogen-bond acceptors (Lipinski definition) is 12. The summed E-state index contributed by atoms with van der Waals surface area (Å²) in [6, 6.07) is 0. The van der Waals surface area contributed by atoms with Crippen LogP contribution in [0.4, 0.5) is 0 Å². The molecular formula is C16H25N5O9P2-2. The SMILES string of the molecule is Cc1nc(C)c2ncn(C3(C)OC(C)(COP(=O)([O-])OP(N)(=O)[O-])C(C)(O)C3(C)O)c2n1. The standard InChI is InChI=1S/C16H27N5O9P2/c1-9-11-12(20-10(2)19-9)21(8-18-11)16(6)15(5,23)14(4,22)13(3,29-16)7-28-32(26,27)30-31(17,24)25/h8,22-23H,7H2,1-6H3,(H,26,27)(H3,17,24,25)/p-2. The van der Waals surface area contributed by atoms with E-state index in [-0.39, 0.29) is 0 Å². The smallest absolute Gasteiger partial charge is 0.273 e. The quantitative estimate of drug-likeness (QED) is 0.426. The molecule has 1 saturated heterocycles. The Morgan fingerprint density at radius 1 is 1.16 bits per heavy atom. The van der Waals surface area contributed by atoms with Crippen LogP contribution in [0.2, 0.25) is 0 Å². The minimum absolute atomic E-state index is 0.312. The van der Waals surface area contributed by atoms with E-state index in [1.807, 2.05) is 0 Å². The fraction of sp³-hybridized carbons (Fsp3) is 0.688. The molecule has 6 unspecified atom stereocenters. The van der Waals surface area contributed by atoms with Crippen molar-refractivity contribution >= 4 is 26.7 Å². The summed E-state index contributed by atoms with van der Waals surface area (Å²) in [5.41, 5.74) is -1.88. The summed E-state index contributed by atoms with van der Waals surface area (Å²) in [7, 11) is -10.6. The molecule has 32 heavy (non-hydrogen) atoms. The van der Waals surface area contributed by atoms with Crippen LogP contribution in [0.1, 0.15) is 39.2 Å². The average Bonchev–Trinajstić information content (AvgIpc) is 3.05. The molecule has 3 heterocycles. The van der Waals surface area contributed by atoms with Crippen LogP contribution in [0.25, 0.3) is 11.2 Å². The van der Waals surface area contributed by atoms with E-state index < -0.39 is 44.7 Å². The zero-order chi connectivity index (χ0) is 24.5. The van der Waals surface area contributed by atoms with Gasteiger partial charge in [-0.15, -0.1) is 0 Å². The third-order valence-electron chi connectivity index (χ3n) is 6.16. The molecule has 4 N–H and O–H groups in total. The van der Waals surface area contributed by atoms with Crippen LogP contribution in [0.15, 0.2) is 6.33 Å². The number of imidazole rings is 1. The first-order valence-electron chi connectivity index (χ1n) is 9.37. The van der Waals surface area contributed by atoms with Gasteiger partial charge in [0.15, 0.2) is 11.4 Å². The zero-order valence-corrected chi connectivity index (χ0v) is 20.1. The Morgan fingerprint density at radius 2 is 1.75 bits per heavy atom. The van der Waals surface area contributed by atoms with Gasteiger partial charge in [0.05, 0.1) is 18.6 Å². The van der Waals surface area contributed by atoms with Gasteiger partial charge >= 0.3 is 0 Å². The summed E-state index contributed by atoms with van der Waals surface area (Å²) in [6.07, 6.45) is 1.35. The summed E-state index contributed by atoms with van der Waals surface area (Å²) in [4.78, 5) is 35.7. The molecule has 3 rings (SSSR count). The Kier molecular flexibility index (Phi) is 5.81. The first-order chi connectivity index (χ1) is 14.3. The van der Waals surface area contributed by atoms with Gasteiger partial charge in [-0.1, -0.05) is 0 Å². The van der Waals surface area contributed by atoms with E-state index in [1.165, 1.54) is 38.6 Å². The van der Waals surface area contributed by atoms with Gasteiger partial charge in [0.2, 0.25) is 7.75 Å². The Morgan fingerprint density at radius 3 is 2.31 bits per heavy atom. The molecule has 0 radical (unpaired) electrons. The number of hydrogen-bond donors (Lipinski definition) is 3. The number of fused-ring (bicyclic) bond motifs is 1. The van der Waals surface area contributed by atoms with Gasteiger partial charge in [0, 0.05) is 0 Å². The fourth-order valence-electron chi connectivity index (χ4n) is 3.91. The van der Waals surface area contributed by atoms with Crippen LogP contribution in [0.3, 0.4) is 0 Å². The first-order valence-corrected chi connectivity index (χ1v) is 12.4. The van der Waals surface area contributed by atoms with Crippen LogP contribution in [-0.4, -0.2) is 53.1 Å². The van der Waals surface area contributed by atoms with Crippen LogP contribution in [0.5, 0.6) is 0 Å². The first kappa shape index (κ1) is 25.3. The molecule has 1 fully saturated rings. The van der Waals surface area contributed by atoms with Crippen molar-refractivity contribution in [2.45, 2.75) is 64.1 Å². The number of aryl methyl sites for hydroxylation is 2. The molecule has 0 bridgehead atoms. The molecule has 0 amide bonds. The average molecular weight is 493 g/mol. The molecule has 0 aliphatic carbocycles. The number of aromatic nitrogens is 4. The van der Waals surface area contributed by atoms with Crippen LogP contribution in [0, 0.1) is 13.8 Å². The van der Waals surface area contributed by atoms with Gasteiger partial charge < -0.3 is 29.3 Å². The van der Waals surface area contributed by atoms with E-state index in [1.54, 1.807) is 13.8 Å². The summed E-state index contributed by atoms with van der Waals surface area (Å²) in [5.74, 6) is 0.434. The number of aliphatic hydroxyl groups is 2. The van der Waals surface area contributed by atoms with Gasteiger partial charge in [0.25, 0.3) is 7.82 Å². The molecule has 14 nitrogen and oxygen atoms in total. The highest BCUT2D eigenvalue weighted by molar-refractivity contribution is 7.61. The topological polar surface area (TPSA) is 218 Å². The van der Waals surface area contributed by atoms with E-state index >= 15 is 0 Å². The van der Waals surface area contributed by atoms with Crippen LogP contribution >= 0.6 is 15.6 Å². The maximum Gasteiger partial charge on any atom is 0.273 e. The van der Waals surface area contributed by atoms with Crippen molar-refractivity contribution < 1.29 is 42.7 Å². The lowest BCUT2D eigenvalue weighted by atomic mass is 9.73. The number of ether oxygens (including phenoxy) is 1. The molecule has 1 aliphatic heterocycles. The highest BCUT2D eigenvalue weighted by atomic mass is 31.3. The monoisotopic (exact) mass is 493 g/mol. The molecular weight excluding hydrogens is 468 g/mol. The second kappa shape index (κ2) is 7.34. The minimum atomic E-state index is -5.42. The fourth-order valence-corrected chi connectivity index (χ4v) is 5.62. The third-order valence-corrected chi connectivity index (χ3v) is 8.31. The number of phosphoric acid groups is 1. The lowest BCUT2D eigenvalue weighted by molar-refractivity contribution is -0.241. The molecule has 1 aliphatic rings. The van der Waals surface area contributed by atoms with Crippen molar-refractivity contribution in [1.29, 1.82) is 0 Å². The lowest BCUT2D eigenvalue weighted by Gasteiger charge is -2.42. The highest BCUT2D eigenvalue weighted by Gasteiger charge is 2.73. The lowest BCUT2D eigenvalue weighted by Crippen LogP contribution is -2.63. The molecule has 16 heteroatoms. The van der Waals surface area contributed by atoms with Crippen molar-refractivity contribution in [1.82, 2.24) is 19.5 Å². The zero-order valence-electron chi connectivity index (χ0n) is 18.3. The van der Waals surface area contributed by atoms with E-state index in [0.29, 0.717) is 22.7 Å². The Bertz CT molecular complexity index is 1160. The molecule has 0 saturated carbocycles. The van der Waals surface area contributed by atoms with E-state index in [2.05, 4.69) is 29.3 Å². The molecule has 0 spiro atoms. The van der Waals surface area contributed by atoms with Crippen molar-refractivity contribution in [2.24, 2.45) is 5.50 Å². The Labute approximate surface area is 183 Å². The number of nitrogens with two attached hydrogens (primary N) is 1. The minimum Gasteiger partial charge on any atom is -0.766 e. The predicted octanol–water partition coefficient (Wildman–Crippen LogP) is -0.665. The van der Waals surface area contributed by atoms with Crippen molar-refractivity contribution in [3.8, 4) is 0 Å². The van der Waals surface area contributed by atoms with E-state index in [9.17, 15) is 29.1 Å². The molecule has 0 aromatic carbocycles. The molecule has 6 atom stereocenters. The largest absolute Gasteiger partial charge is 0.766 e. The second-order valence-corrected chi connectivity index (χ2v) is 11.3. The maximum atomic E-state index is 11.9. The summed E-state index contributed by atoms with van der Waals surface area (Å²) in [5, 5.41) is 22.7. The number of nitrogens with zero attached hydrogens (tertiary/aromatic N) is 4. The van der Waals surface area contributed by atoms with E-state index in [4.69, 9.17) is 4.74 Å². The maximum absolute atomic E-state index is 11.9. The van der Waals surface area contributed by atoms with Gasteiger partial charge in [0.1, 0.15) is 28.1 Å². The highest BCUT2D eigenvalue weighted by Crippen LogP contribution is 2.57. The molecule has 2 aromatic rings. The number of phosphoric ester groups is 1. The number of rotatable bonds is 6. The third kappa shape index (κ3) is 3.84. The van der Waals surface area contributed by atoms with Gasteiger partial charge in [-0.2, -0.15) is 0 Å². The summed E-state index contributed by atoms with van der Waals surface area (Å²) >= 11 is 0. The Hall–Kier alpha value is -1.31. The summed E-state index contributed by atoms with van der Waals surface area (Å²) < 4.78 is 38.7. The second-order valence-electron chi connectivity index (χ2n) is 8.45.